The number of aromatic nitrogens is 1. The van der Waals surface area contributed by atoms with Crippen LogP contribution >= 0.6 is 11.6 Å². The van der Waals surface area contributed by atoms with E-state index in [2.05, 4.69) is 9.72 Å². The van der Waals surface area contributed by atoms with Gasteiger partial charge in [-0.05, 0) is 37.3 Å². The van der Waals surface area contributed by atoms with E-state index in [1.165, 1.54) is 32.4 Å². The molecule has 0 saturated heterocycles. The van der Waals surface area contributed by atoms with Crippen LogP contribution in [-0.4, -0.2) is 36.7 Å². The van der Waals surface area contributed by atoms with Crippen molar-refractivity contribution in [3.05, 3.63) is 47.4 Å². The average molecular weight is 398 g/mol. The Morgan fingerprint density at radius 1 is 1.22 bits per heavy atom. The molecule has 0 saturated carbocycles. The maximum atomic E-state index is 13.7. The smallest absolute Gasteiger partial charge is 0.347 e. The largest absolute Gasteiger partial charge is 0.479 e. The molecular formula is C18H17ClFNO6. The number of benzene rings is 1. The van der Waals surface area contributed by atoms with E-state index in [0.29, 0.717) is 11.5 Å². The Hall–Kier alpha value is -2.87. The Kier molecular flexibility index (Phi) is 7.36. The summed E-state index contributed by atoms with van der Waals surface area (Å²) in [7, 11) is 1.25. The standard InChI is InChI=1S/C18H17ClFNO6/c1-11(18(23)25-8-7-16(22)24-2)26-13-3-5-14(6-4-13)27-17-15(20)9-12(19)10-21-17/h3-6,9-11H,7-8H2,1-2H3. The summed E-state index contributed by atoms with van der Waals surface area (Å²) in [6.45, 7) is 1.42. The highest BCUT2D eigenvalue weighted by Gasteiger charge is 2.17. The zero-order valence-electron chi connectivity index (χ0n) is 14.6. The molecule has 0 spiro atoms. The zero-order chi connectivity index (χ0) is 19.8. The van der Waals surface area contributed by atoms with E-state index in [1.807, 2.05) is 0 Å². The first-order valence-corrected chi connectivity index (χ1v) is 8.26. The molecule has 0 aliphatic carbocycles. The summed E-state index contributed by atoms with van der Waals surface area (Å²) in [5.41, 5.74) is 0. The Morgan fingerprint density at radius 2 is 1.89 bits per heavy atom. The number of ether oxygens (including phenoxy) is 4. The lowest BCUT2D eigenvalue weighted by Gasteiger charge is -2.14. The van der Waals surface area contributed by atoms with Gasteiger partial charge in [0.25, 0.3) is 5.88 Å². The minimum absolute atomic E-state index is 0.0315. The van der Waals surface area contributed by atoms with Gasteiger partial charge in [-0.25, -0.2) is 14.2 Å². The van der Waals surface area contributed by atoms with Crippen LogP contribution in [0.3, 0.4) is 0 Å². The first-order chi connectivity index (χ1) is 12.9. The van der Waals surface area contributed by atoms with Crippen molar-refractivity contribution in [3.63, 3.8) is 0 Å². The molecule has 2 rings (SSSR count). The van der Waals surface area contributed by atoms with Gasteiger partial charge in [-0.1, -0.05) is 11.6 Å². The molecule has 1 atom stereocenters. The first-order valence-electron chi connectivity index (χ1n) is 7.88. The second-order valence-electron chi connectivity index (χ2n) is 5.27. The van der Waals surface area contributed by atoms with Crippen LogP contribution in [0.1, 0.15) is 13.3 Å². The van der Waals surface area contributed by atoms with Gasteiger partial charge in [0.15, 0.2) is 11.9 Å². The predicted octanol–water partition coefficient (Wildman–Crippen LogP) is 3.54. The second-order valence-corrected chi connectivity index (χ2v) is 5.70. The summed E-state index contributed by atoms with van der Waals surface area (Å²) < 4.78 is 33.8. The van der Waals surface area contributed by atoms with Crippen molar-refractivity contribution < 1.29 is 32.9 Å². The predicted molar refractivity (Wildman–Crippen MR) is 93.4 cm³/mol. The molecule has 7 nitrogen and oxygen atoms in total. The van der Waals surface area contributed by atoms with Crippen molar-refractivity contribution in [3.8, 4) is 17.4 Å². The molecule has 0 aliphatic rings. The van der Waals surface area contributed by atoms with Crippen LogP contribution in [0.4, 0.5) is 4.39 Å². The highest BCUT2D eigenvalue weighted by molar-refractivity contribution is 6.30. The highest BCUT2D eigenvalue weighted by Crippen LogP contribution is 2.26. The monoisotopic (exact) mass is 397 g/mol. The molecule has 27 heavy (non-hydrogen) atoms. The number of pyridine rings is 1. The van der Waals surface area contributed by atoms with Gasteiger partial charge in [-0.2, -0.15) is 0 Å². The highest BCUT2D eigenvalue weighted by atomic mass is 35.5. The SMILES string of the molecule is COC(=O)CCOC(=O)C(C)Oc1ccc(Oc2ncc(Cl)cc2F)cc1. The number of nitrogens with zero attached hydrogens (tertiary/aromatic N) is 1. The number of rotatable bonds is 8. The van der Waals surface area contributed by atoms with Crippen LogP contribution < -0.4 is 9.47 Å². The van der Waals surface area contributed by atoms with Crippen LogP contribution in [0.5, 0.6) is 17.4 Å². The molecule has 1 aromatic carbocycles. The van der Waals surface area contributed by atoms with Gasteiger partial charge < -0.3 is 18.9 Å². The number of hydrogen-bond donors (Lipinski definition) is 0. The lowest BCUT2D eigenvalue weighted by Crippen LogP contribution is -2.27. The van der Waals surface area contributed by atoms with Crippen LogP contribution in [0, 0.1) is 5.82 Å². The number of halogens is 2. The van der Waals surface area contributed by atoms with Gasteiger partial charge in [0.1, 0.15) is 18.1 Å². The third-order valence-corrected chi connectivity index (χ3v) is 3.44. The lowest BCUT2D eigenvalue weighted by atomic mass is 10.3. The number of carbonyl (C=O) groups is 2. The molecule has 0 amide bonds. The summed E-state index contributed by atoms with van der Waals surface area (Å²) in [6.07, 6.45) is 0.353. The van der Waals surface area contributed by atoms with Crippen molar-refractivity contribution >= 4 is 23.5 Å². The maximum absolute atomic E-state index is 13.7. The van der Waals surface area contributed by atoms with E-state index in [1.54, 1.807) is 12.1 Å². The minimum Gasteiger partial charge on any atom is -0.479 e. The molecule has 0 bridgehead atoms. The fourth-order valence-corrected chi connectivity index (χ4v) is 2.03. The van der Waals surface area contributed by atoms with Gasteiger partial charge in [-0.15, -0.1) is 0 Å². The van der Waals surface area contributed by atoms with E-state index in [0.717, 1.165) is 6.07 Å². The first kappa shape index (κ1) is 20.4. The van der Waals surface area contributed by atoms with Gasteiger partial charge in [0, 0.05) is 6.20 Å². The molecule has 0 aliphatic heterocycles. The molecule has 2 aromatic rings. The molecule has 0 N–H and O–H groups in total. The molecule has 9 heteroatoms. The van der Waals surface area contributed by atoms with Crippen molar-refractivity contribution in [1.82, 2.24) is 4.98 Å². The summed E-state index contributed by atoms with van der Waals surface area (Å²) in [5, 5.41) is 0.163. The number of carbonyl (C=O) groups excluding carboxylic acids is 2. The Labute approximate surface area is 160 Å². The summed E-state index contributed by atoms with van der Waals surface area (Å²) in [6, 6.07) is 7.23. The van der Waals surface area contributed by atoms with E-state index in [9.17, 15) is 14.0 Å². The Balaban J connectivity index is 1.87. The van der Waals surface area contributed by atoms with Crippen molar-refractivity contribution in [1.29, 1.82) is 0 Å². The van der Waals surface area contributed by atoms with Crippen molar-refractivity contribution in [2.24, 2.45) is 0 Å². The third kappa shape index (κ3) is 6.41. The zero-order valence-corrected chi connectivity index (χ0v) is 15.4. The normalized spacial score (nSPS) is 11.4. The molecule has 144 valence electrons. The molecular weight excluding hydrogens is 381 g/mol. The van der Waals surface area contributed by atoms with Gasteiger partial charge in [-0.3, -0.25) is 4.79 Å². The molecule has 1 unspecified atom stereocenters. The van der Waals surface area contributed by atoms with Gasteiger partial charge in [0.2, 0.25) is 0 Å². The average Bonchev–Trinajstić information content (AvgIpc) is 2.65. The number of hydrogen-bond acceptors (Lipinski definition) is 7. The van der Waals surface area contributed by atoms with E-state index >= 15 is 0 Å². The fraction of sp³-hybridized carbons (Fsp3) is 0.278. The van der Waals surface area contributed by atoms with E-state index in [4.69, 9.17) is 25.8 Å². The van der Waals surface area contributed by atoms with Crippen LogP contribution in [0.2, 0.25) is 5.02 Å². The Morgan fingerprint density at radius 3 is 2.52 bits per heavy atom. The van der Waals surface area contributed by atoms with Gasteiger partial charge >= 0.3 is 11.9 Å². The van der Waals surface area contributed by atoms with Crippen molar-refractivity contribution in [2.75, 3.05) is 13.7 Å². The minimum atomic E-state index is -0.884. The fourth-order valence-electron chi connectivity index (χ4n) is 1.88. The van der Waals surface area contributed by atoms with Gasteiger partial charge in [0.05, 0.1) is 18.6 Å². The molecule has 1 aromatic heterocycles. The summed E-state index contributed by atoms with van der Waals surface area (Å²) in [5.74, 6) is -1.29. The van der Waals surface area contributed by atoms with Crippen LogP contribution in [0.25, 0.3) is 0 Å². The number of methoxy groups -OCH3 is 1. The molecule has 1 heterocycles. The van der Waals surface area contributed by atoms with E-state index < -0.39 is 23.9 Å². The second kappa shape index (κ2) is 9.72. The molecule has 0 radical (unpaired) electrons. The number of esters is 2. The molecule has 0 fully saturated rings. The summed E-state index contributed by atoms with van der Waals surface area (Å²) >= 11 is 5.63. The third-order valence-electron chi connectivity index (χ3n) is 3.24. The van der Waals surface area contributed by atoms with Crippen LogP contribution in [-0.2, 0) is 19.1 Å². The van der Waals surface area contributed by atoms with E-state index in [-0.39, 0.29) is 23.9 Å². The topological polar surface area (TPSA) is 84.0 Å². The van der Waals surface area contributed by atoms with Crippen molar-refractivity contribution in [2.45, 2.75) is 19.4 Å². The lowest BCUT2D eigenvalue weighted by molar-refractivity contribution is -0.153. The maximum Gasteiger partial charge on any atom is 0.347 e. The summed E-state index contributed by atoms with van der Waals surface area (Å²) in [4.78, 5) is 26.5. The van der Waals surface area contributed by atoms with Crippen LogP contribution in [0.15, 0.2) is 36.5 Å². The Bertz CT molecular complexity index is 799. The quantitative estimate of drug-likeness (QED) is 0.630.